The molecule has 9 heteroatoms. The molecule has 1 aromatic carbocycles. The Bertz CT molecular complexity index is 1250. The lowest BCUT2D eigenvalue weighted by molar-refractivity contribution is -0.264. The van der Waals surface area contributed by atoms with E-state index in [2.05, 4.69) is 38.2 Å². The van der Waals surface area contributed by atoms with Crippen molar-refractivity contribution in [2.24, 2.45) is 0 Å². The van der Waals surface area contributed by atoms with Gasteiger partial charge in [0.05, 0.1) is 30.9 Å². The van der Waals surface area contributed by atoms with E-state index in [9.17, 15) is 5.26 Å². The van der Waals surface area contributed by atoms with Crippen LogP contribution in [0.15, 0.2) is 35.0 Å². The standard InChI is InChI=1S/C26H29N5O4/c1-16(2)34-24-20(11-27)10-21(12-28-24)25-29-23(30-35-25)18-5-6-19-13-31(8-7-17(19)9-18)22-14-32-26(3,4)33-15-22/h5-6,9-10,12,16,22H,7-8,13-15H2,1-4H3. The predicted molar refractivity (Wildman–Crippen MR) is 127 cm³/mol. The summed E-state index contributed by atoms with van der Waals surface area (Å²) >= 11 is 0. The molecule has 0 unspecified atom stereocenters. The smallest absolute Gasteiger partial charge is 0.259 e. The van der Waals surface area contributed by atoms with Gasteiger partial charge < -0.3 is 18.7 Å². The maximum Gasteiger partial charge on any atom is 0.259 e. The van der Waals surface area contributed by atoms with Crippen molar-refractivity contribution in [2.45, 2.75) is 58.6 Å². The van der Waals surface area contributed by atoms with E-state index in [1.165, 1.54) is 11.1 Å². The van der Waals surface area contributed by atoms with Crippen LogP contribution in [-0.2, 0) is 22.4 Å². The molecular weight excluding hydrogens is 446 g/mol. The minimum atomic E-state index is -0.501. The summed E-state index contributed by atoms with van der Waals surface area (Å²) in [6, 6.07) is 10.3. The second kappa shape index (κ2) is 9.38. The summed E-state index contributed by atoms with van der Waals surface area (Å²) in [5, 5.41) is 13.6. The van der Waals surface area contributed by atoms with Crippen LogP contribution >= 0.6 is 0 Å². The molecular formula is C26H29N5O4. The fraction of sp³-hybridized carbons (Fsp3) is 0.462. The first kappa shape index (κ1) is 23.4. The van der Waals surface area contributed by atoms with Crippen molar-refractivity contribution >= 4 is 0 Å². The molecule has 0 radical (unpaired) electrons. The molecule has 0 saturated carbocycles. The topological polar surface area (TPSA) is 107 Å². The van der Waals surface area contributed by atoms with Crippen LogP contribution < -0.4 is 4.74 Å². The first-order chi connectivity index (χ1) is 16.8. The first-order valence-corrected chi connectivity index (χ1v) is 11.9. The van der Waals surface area contributed by atoms with Gasteiger partial charge in [0.1, 0.15) is 11.6 Å². The summed E-state index contributed by atoms with van der Waals surface area (Å²) in [5.41, 5.74) is 4.37. The van der Waals surface area contributed by atoms with E-state index in [-0.39, 0.29) is 12.1 Å². The number of rotatable bonds is 5. The average Bonchev–Trinajstić information content (AvgIpc) is 3.34. The van der Waals surface area contributed by atoms with Crippen LogP contribution in [0.3, 0.4) is 0 Å². The van der Waals surface area contributed by atoms with E-state index in [0.717, 1.165) is 25.1 Å². The molecule has 0 N–H and O–H groups in total. The third-order valence-corrected chi connectivity index (χ3v) is 6.26. The number of fused-ring (bicyclic) bond motifs is 1. The summed E-state index contributed by atoms with van der Waals surface area (Å²) in [4.78, 5) is 11.2. The average molecular weight is 476 g/mol. The largest absolute Gasteiger partial charge is 0.474 e. The monoisotopic (exact) mass is 475 g/mol. The molecule has 1 saturated heterocycles. The van der Waals surface area contributed by atoms with Crippen molar-refractivity contribution in [2.75, 3.05) is 19.8 Å². The summed E-state index contributed by atoms with van der Waals surface area (Å²) in [5.74, 6) is 0.607. The van der Waals surface area contributed by atoms with Crippen molar-refractivity contribution in [1.29, 1.82) is 5.26 Å². The molecule has 0 spiro atoms. The van der Waals surface area contributed by atoms with Crippen LogP contribution in [0.25, 0.3) is 22.8 Å². The number of hydrogen-bond acceptors (Lipinski definition) is 9. The number of aromatic nitrogens is 3. The van der Waals surface area contributed by atoms with Crippen LogP contribution in [0.2, 0.25) is 0 Å². The van der Waals surface area contributed by atoms with Gasteiger partial charge in [-0.25, -0.2) is 4.98 Å². The number of hydrogen-bond donors (Lipinski definition) is 0. The molecule has 2 aliphatic heterocycles. The summed E-state index contributed by atoms with van der Waals surface area (Å²) < 4.78 is 22.8. The fourth-order valence-corrected chi connectivity index (χ4v) is 4.34. The highest BCUT2D eigenvalue weighted by Crippen LogP contribution is 2.30. The normalized spacial score (nSPS) is 18.3. The van der Waals surface area contributed by atoms with Gasteiger partial charge in [0.25, 0.3) is 5.89 Å². The van der Waals surface area contributed by atoms with E-state index in [1.807, 2.05) is 33.8 Å². The highest BCUT2D eigenvalue weighted by Gasteiger charge is 2.33. The van der Waals surface area contributed by atoms with E-state index >= 15 is 0 Å². The van der Waals surface area contributed by atoms with Crippen molar-refractivity contribution in [3.05, 3.63) is 47.2 Å². The SMILES string of the molecule is CC(C)Oc1ncc(-c2nc(-c3ccc4c(c3)CCN(C3COC(C)(C)OC3)C4)no2)cc1C#N. The molecule has 3 aromatic rings. The first-order valence-electron chi connectivity index (χ1n) is 11.9. The van der Waals surface area contributed by atoms with E-state index in [1.54, 1.807) is 12.3 Å². The zero-order valence-corrected chi connectivity index (χ0v) is 20.4. The van der Waals surface area contributed by atoms with Crippen LogP contribution in [-0.4, -0.2) is 57.7 Å². The Hall–Kier alpha value is -3.32. The van der Waals surface area contributed by atoms with E-state index in [4.69, 9.17) is 18.7 Å². The lowest BCUT2D eigenvalue weighted by Gasteiger charge is -2.41. The van der Waals surface area contributed by atoms with Gasteiger partial charge in [-0.05, 0) is 57.4 Å². The molecule has 1 fully saturated rings. The zero-order chi connectivity index (χ0) is 24.6. The maximum absolute atomic E-state index is 9.47. The summed E-state index contributed by atoms with van der Waals surface area (Å²) in [6.45, 7) is 10.8. The Morgan fingerprint density at radius 1 is 1.14 bits per heavy atom. The molecule has 0 atom stereocenters. The Kier molecular flexibility index (Phi) is 6.28. The number of ether oxygens (including phenoxy) is 3. The van der Waals surface area contributed by atoms with Gasteiger partial charge in [0, 0.05) is 24.8 Å². The Labute approximate surface area is 204 Å². The lowest BCUT2D eigenvalue weighted by atomic mass is 9.96. The van der Waals surface area contributed by atoms with E-state index in [0.29, 0.717) is 41.9 Å². The van der Waals surface area contributed by atoms with Gasteiger partial charge in [-0.3, -0.25) is 4.90 Å². The molecule has 182 valence electrons. The van der Waals surface area contributed by atoms with Gasteiger partial charge >= 0.3 is 0 Å². The van der Waals surface area contributed by atoms with Crippen LogP contribution in [0, 0.1) is 11.3 Å². The van der Waals surface area contributed by atoms with Crippen LogP contribution in [0.5, 0.6) is 5.88 Å². The third kappa shape index (κ3) is 5.05. The molecule has 5 rings (SSSR count). The highest BCUT2D eigenvalue weighted by atomic mass is 16.7. The van der Waals surface area contributed by atoms with Gasteiger partial charge in [0.15, 0.2) is 5.79 Å². The number of pyridine rings is 1. The molecule has 2 aromatic heterocycles. The minimum absolute atomic E-state index is 0.0805. The Morgan fingerprint density at radius 3 is 2.69 bits per heavy atom. The van der Waals surface area contributed by atoms with Gasteiger partial charge in [-0.1, -0.05) is 17.3 Å². The fourth-order valence-electron chi connectivity index (χ4n) is 4.34. The molecule has 4 heterocycles. The molecule has 0 bridgehead atoms. The molecule has 0 amide bonds. The lowest BCUT2D eigenvalue weighted by Crippen LogP contribution is -2.51. The molecule has 0 aliphatic carbocycles. The van der Waals surface area contributed by atoms with Crippen molar-refractivity contribution in [3.8, 4) is 34.8 Å². The quantitative estimate of drug-likeness (QED) is 0.542. The van der Waals surface area contributed by atoms with Crippen LogP contribution in [0.1, 0.15) is 44.4 Å². The van der Waals surface area contributed by atoms with E-state index < -0.39 is 5.79 Å². The second-order valence-electron chi connectivity index (χ2n) is 9.66. The highest BCUT2D eigenvalue weighted by molar-refractivity contribution is 5.62. The van der Waals surface area contributed by atoms with Crippen molar-refractivity contribution in [3.63, 3.8) is 0 Å². The minimum Gasteiger partial charge on any atom is -0.474 e. The summed E-state index contributed by atoms with van der Waals surface area (Å²) in [7, 11) is 0. The number of nitrogens with zero attached hydrogens (tertiary/aromatic N) is 5. The number of nitriles is 1. The van der Waals surface area contributed by atoms with Crippen molar-refractivity contribution in [1.82, 2.24) is 20.0 Å². The maximum atomic E-state index is 9.47. The molecule has 35 heavy (non-hydrogen) atoms. The second-order valence-corrected chi connectivity index (χ2v) is 9.66. The predicted octanol–water partition coefficient (Wildman–Crippen LogP) is 3.97. The molecule has 2 aliphatic rings. The molecule has 9 nitrogen and oxygen atoms in total. The Balaban J connectivity index is 1.31. The van der Waals surface area contributed by atoms with Gasteiger partial charge in [-0.2, -0.15) is 10.2 Å². The van der Waals surface area contributed by atoms with Gasteiger partial charge in [-0.15, -0.1) is 0 Å². The number of benzene rings is 1. The Morgan fingerprint density at radius 2 is 1.94 bits per heavy atom. The van der Waals surface area contributed by atoms with Gasteiger partial charge in [0.2, 0.25) is 11.7 Å². The third-order valence-electron chi connectivity index (χ3n) is 6.26. The zero-order valence-electron chi connectivity index (χ0n) is 20.4. The summed E-state index contributed by atoms with van der Waals surface area (Å²) in [6.07, 6.45) is 2.43. The van der Waals surface area contributed by atoms with Crippen molar-refractivity contribution < 1.29 is 18.7 Å². The van der Waals surface area contributed by atoms with Crippen LogP contribution in [0.4, 0.5) is 0 Å².